The zero-order chi connectivity index (χ0) is 14.8. The van der Waals surface area contributed by atoms with Crippen molar-refractivity contribution in [1.29, 1.82) is 0 Å². The van der Waals surface area contributed by atoms with Crippen LogP contribution in [0.1, 0.15) is 40.5 Å². The van der Waals surface area contributed by atoms with Crippen molar-refractivity contribution >= 4 is 11.9 Å². The standard InChI is InChI=1S/C13H25N3O3/c1-12(2,13(3,4)19)15-10(17)9-6-5-7-16(8-9)11(14)18/h9,19H,5-8H2,1-4H3,(H2,14,18)(H,15,17). The Labute approximate surface area is 114 Å². The Morgan fingerprint density at radius 1 is 1.32 bits per heavy atom. The summed E-state index contributed by atoms with van der Waals surface area (Å²) in [5.74, 6) is -0.402. The molecule has 0 spiro atoms. The molecule has 0 aromatic carbocycles. The molecule has 110 valence electrons. The van der Waals surface area contributed by atoms with Gasteiger partial charge in [0.2, 0.25) is 5.91 Å². The molecule has 0 aromatic rings. The molecule has 19 heavy (non-hydrogen) atoms. The highest BCUT2D eigenvalue weighted by Crippen LogP contribution is 2.23. The summed E-state index contributed by atoms with van der Waals surface area (Å²) in [6.07, 6.45) is 1.50. The lowest BCUT2D eigenvalue weighted by molar-refractivity contribution is -0.131. The quantitative estimate of drug-likeness (QED) is 0.695. The fourth-order valence-electron chi connectivity index (χ4n) is 1.95. The second kappa shape index (κ2) is 5.36. The Kier molecular flexibility index (Phi) is 4.45. The number of piperidine rings is 1. The minimum absolute atomic E-state index is 0.141. The molecular formula is C13H25N3O3. The molecule has 1 unspecified atom stereocenters. The summed E-state index contributed by atoms with van der Waals surface area (Å²) in [4.78, 5) is 24.9. The summed E-state index contributed by atoms with van der Waals surface area (Å²) in [5.41, 5.74) is 3.48. The van der Waals surface area contributed by atoms with Crippen LogP contribution < -0.4 is 11.1 Å². The van der Waals surface area contributed by atoms with E-state index in [1.165, 1.54) is 4.90 Å². The molecule has 3 amide bonds. The van der Waals surface area contributed by atoms with Gasteiger partial charge in [-0.1, -0.05) is 0 Å². The summed E-state index contributed by atoms with van der Waals surface area (Å²) < 4.78 is 0. The summed E-state index contributed by atoms with van der Waals surface area (Å²) in [7, 11) is 0. The first kappa shape index (κ1) is 15.8. The Morgan fingerprint density at radius 2 is 1.89 bits per heavy atom. The van der Waals surface area contributed by atoms with E-state index in [1.54, 1.807) is 27.7 Å². The summed E-state index contributed by atoms with van der Waals surface area (Å²) >= 11 is 0. The molecule has 1 saturated heterocycles. The summed E-state index contributed by atoms with van der Waals surface area (Å²) in [6.45, 7) is 7.82. The van der Waals surface area contributed by atoms with Gasteiger partial charge in [-0.3, -0.25) is 4.79 Å². The smallest absolute Gasteiger partial charge is 0.314 e. The lowest BCUT2D eigenvalue weighted by Crippen LogP contribution is -2.60. The molecule has 0 bridgehead atoms. The van der Waals surface area contributed by atoms with E-state index in [1.807, 2.05) is 0 Å². The fourth-order valence-corrected chi connectivity index (χ4v) is 1.95. The third-order valence-electron chi connectivity index (χ3n) is 4.07. The first-order valence-electron chi connectivity index (χ1n) is 6.63. The number of hydrogen-bond donors (Lipinski definition) is 3. The van der Waals surface area contributed by atoms with E-state index in [-0.39, 0.29) is 11.8 Å². The Balaban J connectivity index is 2.66. The molecule has 0 aliphatic carbocycles. The molecular weight excluding hydrogens is 246 g/mol. The van der Waals surface area contributed by atoms with Crippen molar-refractivity contribution in [3.8, 4) is 0 Å². The minimum atomic E-state index is -1.03. The van der Waals surface area contributed by atoms with Crippen LogP contribution >= 0.6 is 0 Å². The number of hydrogen-bond acceptors (Lipinski definition) is 3. The number of nitrogens with one attached hydrogen (secondary N) is 1. The predicted octanol–water partition coefficient (Wildman–Crippen LogP) is 0.443. The number of primary amides is 1. The maximum absolute atomic E-state index is 12.2. The van der Waals surface area contributed by atoms with Crippen molar-refractivity contribution in [2.24, 2.45) is 11.7 Å². The van der Waals surface area contributed by atoms with Gasteiger partial charge in [-0.25, -0.2) is 4.79 Å². The highest BCUT2D eigenvalue weighted by Gasteiger charge is 2.38. The molecule has 1 atom stereocenters. The van der Waals surface area contributed by atoms with Gasteiger partial charge >= 0.3 is 6.03 Å². The third kappa shape index (κ3) is 3.83. The summed E-state index contributed by atoms with van der Waals surface area (Å²) in [6, 6.07) is -0.487. The maximum Gasteiger partial charge on any atom is 0.314 e. The van der Waals surface area contributed by atoms with Gasteiger partial charge in [0, 0.05) is 13.1 Å². The van der Waals surface area contributed by atoms with E-state index in [4.69, 9.17) is 5.73 Å². The van der Waals surface area contributed by atoms with Crippen molar-refractivity contribution in [3.05, 3.63) is 0 Å². The van der Waals surface area contributed by atoms with Crippen LogP contribution in [-0.4, -0.2) is 46.2 Å². The van der Waals surface area contributed by atoms with Crippen LogP contribution in [0.3, 0.4) is 0 Å². The molecule has 4 N–H and O–H groups in total. The van der Waals surface area contributed by atoms with E-state index in [0.717, 1.165) is 12.8 Å². The third-order valence-corrected chi connectivity index (χ3v) is 4.07. The number of carbonyl (C=O) groups excluding carboxylic acids is 2. The molecule has 1 aliphatic heterocycles. The maximum atomic E-state index is 12.2. The van der Waals surface area contributed by atoms with Crippen LogP contribution in [-0.2, 0) is 4.79 Å². The largest absolute Gasteiger partial charge is 0.388 e. The van der Waals surface area contributed by atoms with Crippen molar-refractivity contribution in [1.82, 2.24) is 10.2 Å². The van der Waals surface area contributed by atoms with Gasteiger partial charge in [-0.15, -0.1) is 0 Å². The first-order valence-corrected chi connectivity index (χ1v) is 6.63. The number of nitrogens with two attached hydrogens (primary N) is 1. The number of likely N-dealkylation sites (tertiary alicyclic amines) is 1. The number of rotatable bonds is 3. The first-order chi connectivity index (χ1) is 8.54. The number of amides is 3. The van der Waals surface area contributed by atoms with Crippen molar-refractivity contribution in [3.63, 3.8) is 0 Å². The molecule has 1 heterocycles. The monoisotopic (exact) mass is 271 g/mol. The zero-order valence-electron chi connectivity index (χ0n) is 12.2. The number of nitrogens with zero attached hydrogens (tertiary/aromatic N) is 1. The van der Waals surface area contributed by atoms with E-state index in [0.29, 0.717) is 13.1 Å². The average molecular weight is 271 g/mol. The molecule has 1 rings (SSSR count). The molecule has 0 aromatic heterocycles. The van der Waals surface area contributed by atoms with Crippen LogP contribution in [0.4, 0.5) is 4.79 Å². The Hall–Kier alpha value is -1.30. The van der Waals surface area contributed by atoms with Crippen molar-refractivity contribution in [2.45, 2.75) is 51.7 Å². The van der Waals surface area contributed by atoms with E-state index >= 15 is 0 Å². The molecule has 1 aliphatic rings. The molecule has 6 nitrogen and oxygen atoms in total. The second-order valence-corrected chi connectivity index (χ2v) is 6.30. The van der Waals surface area contributed by atoms with E-state index < -0.39 is 17.2 Å². The topological polar surface area (TPSA) is 95.7 Å². The van der Waals surface area contributed by atoms with Gasteiger partial charge in [-0.2, -0.15) is 0 Å². The van der Waals surface area contributed by atoms with E-state index in [9.17, 15) is 14.7 Å². The van der Waals surface area contributed by atoms with Crippen LogP contribution in [0.5, 0.6) is 0 Å². The van der Waals surface area contributed by atoms with Gasteiger partial charge < -0.3 is 21.1 Å². The predicted molar refractivity (Wildman–Crippen MR) is 72.4 cm³/mol. The van der Waals surface area contributed by atoms with E-state index in [2.05, 4.69) is 5.32 Å². The van der Waals surface area contributed by atoms with Crippen LogP contribution in [0, 0.1) is 5.92 Å². The number of carbonyl (C=O) groups is 2. The lowest BCUT2D eigenvalue weighted by atomic mass is 9.85. The highest BCUT2D eigenvalue weighted by atomic mass is 16.3. The minimum Gasteiger partial charge on any atom is -0.388 e. The second-order valence-electron chi connectivity index (χ2n) is 6.30. The molecule has 6 heteroatoms. The number of urea groups is 1. The Bertz CT molecular complexity index is 361. The van der Waals surface area contributed by atoms with Gasteiger partial charge in [0.15, 0.2) is 0 Å². The van der Waals surface area contributed by atoms with Gasteiger partial charge in [0.25, 0.3) is 0 Å². The van der Waals surface area contributed by atoms with Gasteiger partial charge in [0.1, 0.15) is 0 Å². The molecule has 1 fully saturated rings. The SMILES string of the molecule is CC(C)(O)C(C)(C)NC(=O)C1CCCN(C(N)=O)C1. The van der Waals surface area contributed by atoms with Gasteiger partial charge in [0.05, 0.1) is 17.1 Å². The molecule has 0 radical (unpaired) electrons. The van der Waals surface area contributed by atoms with Crippen LogP contribution in [0.25, 0.3) is 0 Å². The Morgan fingerprint density at radius 3 is 2.37 bits per heavy atom. The van der Waals surface area contributed by atoms with Crippen LogP contribution in [0.15, 0.2) is 0 Å². The van der Waals surface area contributed by atoms with Gasteiger partial charge in [-0.05, 0) is 40.5 Å². The fraction of sp³-hybridized carbons (Fsp3) is 0.846. The highest BCUT2D eigenvalue weighted by molar-refractivity contribution is 5.81. The van der Waals surface area contributed by atoms with Crippen molar-refractivity contribution < 1.29 is 14.7 Å². The van der Waals surface area contributed by atoms with Crippen molar-refractivity contribution in [2.75, 3.05) is 13.1 Å². The zero-order valence-corrected chi connectivity index (χ0v) is 12.2. The summed E-state index contributed by atoms with van der Waals surface area (Å²) in [5, 5.41) is 12.9. The number of aliphatic hydroxyl groups is 1. The average Bonchev–Trinajstić information content (AvgIpc) is 2.27. The molecule has 0 saturated carbocycles. The normalized spacial score (nSPS) is 21.1. The van der Waals surface area contributed by atoms with Crippen LogP contribution in [0.2, 0.25) is 0 Å². The lowest BCUT2D eigenvalue weighted by Gasteiger charge is -2.40.